The molecule has 0 saturated heterocycles. The third-order valence-electron chi connectivity index (χ3n) is 4.04. The minimum Gasteiger partial charge on any atom is -0.492 e. The average molecular weight is 443 g/mol. The van der Waals surface area contributed by atoms with Gasteiger partial charge in [-0.2, -0.15) is 9.59 Å². The second-order valence-corrected chi connectivity index (χ2v) is 6.92. The molecule has 0 spiro atoms. The number of nitrogens with zero attached hydrogens (tertiary/aromatic N) is 2. The third-order valence-corrected chi connectivity index (χ3v) is 4.34. The van der Waals surface area contributed by atoms with Gasteiger partial charge in [0.25, 0.3) is 0 Å². The lowest BCUT2D eigenvalue weighted by Gasteiger charge is -2.30. The molecule has 8 heteroatoms. The molecule has 2 aromatic rings. The first kappa shape index (κ1) is 27.8. The molecule has 2 rings (SSSR count). The van der Waals surface area contributed by atoms with E-state index in [9.17, 15) is 0 Å². The maximum Gasteiger partial charge on any atom is 0.373 e. The zero-order valence-electron chi connectivity index (χ0n) is 17.6. The van der Waals surface area contributed by atoms with Crippen LogP contribution in [-0.4, -0.2) is 37.5 Å². The van der Waals surface area contributed by atoms with E-state index < -0.39 is 0 Å². The van der Waals surface area contributed by atoms with Crippen LogP contribution in [0.1, 0.15) is 26.8 Å². The number of aryl methyl sites for hydroxylation is 1. The van der Waals surface area contributed by atoms with Crippen LogP contribution in [0.25, 0.3) is 4.85 Å². The van der Waals surface area contributed by atoms with Gasteiger partial charge in [-0.15, -0.1) is 0 Å². The highest BCUT2D eigenvalue weighted by Gasteiger charge is 2.16. The molecule has 0 aliphatic carbocycles. The van der Waals surface area contributed by atoms with Gasteiger partial charge in [-0.1, -0.05) is 13.5 Å². The van der Waals surface area contributed by atoms with Crippen LogP contribution in [0.3, 0.4) is 0 Å². The molecule has 7 nitrogen and oxygen atoms in total. The Morgan fingerprint density at radius 3 is 2.32 bits per heavy atom. The molecule has 0 radical (unpaired) electrons. The van der Waals surface area contributed by atoms with Crippen molar-refractivity contribution in [2.24, 2.45) is 0 Å². The Hall–Kier alpha value is -3.24. The van der Waals surface area contributed by atoms with Crippen LogP contribution < -0.4 is 20.3 Å². The smallest absolute Gasteiger partial charge is 0.373 e. The second-order valence-electron chi connectivity index (χ2n) is 6.54. The van der Waals surface area contributed by atoms with Gasteiger partial charge in [0, 0.05) is 24.0 Å². The van der Waals surface area contributed by atoms with Crippen molar-refractivity contribution in [1.29, 1.82) is 0 Å². The fourth-order valence-corrected chi connectivity index (χ4v) is 3.10. The highest BCUT2D eigenvalue weighted by Crippen LogP contribution is 2.25. The first-order valence-corrected chi connectivity index (χ1v) is 9.73. The maximum atomic E-state index is 8.12. The summed E-state index contributed by atoms with van der Waals surface area (Å²) in [6.07, 6.45) is 0.250. The molecule has 0 amide bonds. The molecular weight excluding hydrogens is 412 g/mol. The van der Waals surface area contributed by atoms with Crippen molar-refractivity contribution in [1.82, 2.24) is 5.32 Å². The molecule has 0 aliphatic heterocycles. The van der Waals surface area contributed by atoms with Crippen molar-refractivity contribution in [2.75, 3.05) is 30.4 Å². The Kier molecular flexibility index (Phi) is 13.2. The maximum absolute atomic E-state index is 8.12. The number of benzene rings is 2. The molecule has 31 heavy (non-hydrogen) atoms. The van der Waals surface area contributed by atoms with Gasteiger partial charge in [0.15, 0.2) is 10.8 Å². The van der Waals surface area contributed by atoms with Crippen LogP contribution in [0, 0.1) is 13.5 Å². The standard InChI is InChI=1S/C21H26N4OS.CO2.CH4/c1-15(2)25(18-7-9-19(10-8-18)26-13-12-22-4)21(27)24-17-6-11-20(23-5)16(3)14-17;2-1-3;/h6-11,14-15,22H,12-13H2,1-4H3,(H,24,27);;1H4. The molecule has 2 N–H and O–H groups in total. The van der Waals surface area contributed by atoms with E-state index in [2.05, 4.69) is 34.2 Å². The summed E-state index contributed by atoms with van der Waals surface area (Å²) in [5.41, 5.74) is 3.46. The Labute approximate surface area is 190 Å². The van der Waals surface area contributed by atoms with E-state index in [-0.39, 0.29) is 19.6 Å². The van der Waals surface area contributed by atoms with Crippen molar-refractivity contribution >= 4 is 40.5 Å². The Balaban J connectivity index is 0.00000212. The summed E-state index contributed by atoms with van der Waals surface area (Å²) in [6.45, 7) is 14.7. The molecule has 2 aromatic carbocycles. The quantitative estimate of drug-likeness (QED) is 0.362. The molecule has 0 unspecified atom stereocenters. The minimum atomic E-state index is 0. The lowest BCUT2D eigenvalue weighted by atomic mass is 10.2. The zero-order chi connectivity index (χ0) is 22.5. The number of anilines is 2. The molecule has 0 heterocycles. The van der Waals surface area contributed by atoms with Gasteiger partial charge in [0.1, 0.15) is 12.4 Å². The number of thiocarbonyl (C=S) groups is 1. The fourth-order valence-electron chi connectivity index (χ4n) is 2.67. The van der Waals surface area contributed by atoms with Gasteiger partial charge in [-0.05, 0) is 82.0 Å². The Bertz CT molecular complexity index is 902. The van der Waals surface area contributed by atoms with E-state index in [1.165, 1.54) is 0 Å². The number of likely N-dealkylation sites (N-methyl/N-ethyl adjacent to an activating group) is 1. The van der Waals surface area contributed by atoms with Crippen molar-refractivity contribution in [2.45, 2.75) is 34.2 Å². The normalized spacial score (nSPS) is 9.29. The van der Waals surface area contributed by atoms with Crippen molar-refractivity contribution < 1.29 is 14.3 Å². The number of nitrogens with one attached hydrogen (secondary N) is 2. The van der Waals surface area contributed by atoms with E-state index in [4.69, 9.17) is 33.1 Å². The molecular formula is C23H30N4O3S. The highest BCUT2D eigenvalue weighted by molar-refractivity contribution is 7.80. The summed E-state index contributed by atoms with van der Waals surface area (Å²) in [6, 6.07) is 13.7. The van der Waals surface area contributed by atoms with Crippen LogP contribution in [-0.2, 0) is 9.59 Å². The lowest BCUT2D eigenvalue weighted by molar-refractivity contribution is -0.191. The molecule has 0 fully saturated rings. The highest BCUT2D eigenvalue weighted by atomic mass is 32.1. The summed E-state index contributed by atoms with van der Waals surface area (Å²) in [5, 5.41) is 6.96. The largest absolute Gasteiger partial charge is 0.492 e. The van der Waals surface area contributed by atoms with E-state index in [0.29, 0.717) is 17.4 Å². The monoisotopic (exact) mass is 442 g/mol. The first-order chi connectivity index (χ1) is 14.4. The molecule has 0 aromatic heterocycles. The van der Waals surface area contributed by atoms with Crippen LogP contribution in [0.5, 0.6) is 5.75 Å². The topological polar surface area (TPSA) is 75.0 Å². The van der Waals surface area contributed by atoms with Crippen LogP contribution in [0.15, 0.2) is 42.5 Å². The minimum absolute atomic E-state index is 0. The molecule has 0 saturated carbocycles. The predicted octanol–water partition coefficient (Wildman–Crippen LogP) is 4.81. The summed E-state index contributed by atoms with van der Waals surface area (Å²) in [5.74, 6) is 0.835. The SMILES string of the molecule is C.O=C=O.[C-]#[N+]c1ccc(NC(=S)N(c2ccc(OCCNC)cc2)C(C)C)cc1C. The van der Waals surface area contributed by atoms with Gasteiger partial charge in [0.2, 0.25) is 0 Å². The van der Waals surface area contributed by atoms with Crippen LogP contribution >= 0.6 is 12.2 Å². The summed E-state index contributed by atoms with van der Waals surface area (Å²) < 4.78 is 5.68. The molecule has 0 aliphatic rings. The van der Waals surface area contributed by atoms with E-state index >= 15 is 0 Å². The van der Waals surface area contributed by atoms with E-state index in [1.54, 1.807) is 0 Å². The van der Waals surface area contributed by atoms with Crippen LogP contribution in [0.2, 0.25) is 0 Å². The molecule has 0 bridgehead atoms. The van der Waals surface area contributed by atoms with Crippen LogP contribution in [0.4, 0.5) is 17.1 Å². The number of ether oxygens (including phenoxy) is 1. The average Bonchev–Trinajstić information content (AvgIpc) is 2.70. The number of hydrogen-bond donors (Lipinski definition) is 2. The first-order valence-electron chi connectivity index (χ1n) is 9.33. The fraction of sp³-hybridized carbons (Fsp3) is 0.348. The number of rotatable bonds is 7. The third kappa shape index (κ3) is 8.97. The zero-order valence-corrected chi connectivity index (χ0v) is 18.4. The van der Waals surface area contributed by atoms with E-state index in [1.807, 2.05) is 56.4 Å². The van der Waals surface area contributed by atoms with Gasteiger partial charge in [-0.3, -0.25) is 0 Å². The van der Waals surface area contributed by atoms with Gasteiger partial charge in [-0.25, -0.2) is 4.85 Å². The van der Waals surface area contributed by atoms with Crippen molar-refractivity contribution in [3.8, 4) is 5.75 Å². The second kappa shape index (κ2) is 14.7. The van der Waals surface area contributed by atoms with Crippen molar-refractivity contribution in [3.63, 3.8) is 0 Å². The lowest BCUT2D eigenvalue weighted by Crippen LogP contribution is -2.40. The van der Waals surface area contributed by atoms with Crippen molar-refractivity contribution in [3.05, 3.63) is 59.4 Å². The predicted molar refractivity (Wildman–Crippen MR) is 129 cm³/mol. The number of hydrogen-bond acceptors (Lipinski definition) is 5. The van der Waals surface area contributed by atoms with Gasteiger partial charge in [0.05, 0.1) is 6.57 Å². The Morgan fingerprint density at radius 1 is 1.23 bits per heavy atom. The summed E-state index contributed by atoms with van der Waals surface area (Å²) in [4.78, 5) is 21.8. The molecule has 0 atom stereocenters. The Morgan fingerprint density at radius 2 is 1.84 bits per heavy atom. The van der Waals surface area contributed by atoms with Gasteiger partial charge >= 0.3 is 6.15 Å². The van der Waals surface area contributed by atoms with Gasteiger partial charge < -0.3 is 20.3 Å². The summed E-state index contributed by atoms with van der Waals surface area (Å²) >= 11 is 5.65. The number of carbonyl (C=O) groups excluding carboxylic acids is 2. The molecule has 166 valence electrons. The summed E-state index contributed by atoms with van der Waals surface area (Å²) in [7, 11) is 1.90. The van der Waals surface area contributed by atoms with E-state index in [0.717, 1.165) is 29.2 Å².